The molecular weight excluding hydrogens is 470 g/mol. The highest BCUT2D eigenvalue weighted by Crippen LogP contribution is 2.42. The number of aryl methyl sites for hydroxylation is 1. The number of para-hydroxylation sites is 2. The number of hydrogen-bond donors (Lipinski definition) is 0. The van der Waals surface area contributed by atoms with Crippen molar-refractivity contribution < 1.29 is 9.59 Å². The zero-order valence-electron chi connectivity index (χ0n) is 20.6. The number of carbonyl (C=O) groups excluding carboxylic acids is 2. The molecule has 0 unspecified atom stereocenters. The summed E-state index contributed by atoms with van der Waals surface area (Å²) in [5.41, 5.74) is 5.24. The number of aromatic nitrogens is 1. The van der Waals surface area contributed by atoms with Gasteiger partial charge in [-0.05, 0) is 74.9 Å². The van der Waals surface area contributed by atoms with Gasteiger partial charge in [0.25, 0.3) is 5.91 Å². The molecule has 5 rings (SSSR count). The first-order chi connectivity index (χ1) is 17.3. The van der Waals surface area contributed by atoms with Gasteiger partial charge in [-0.1, -0.05) is 53.6 Å². The molecule has 0 saturated carbocycles. The average molecular weight is 498 g/mol. The molecule has 1 aromatic heterocycles. The highest BCUT2D eigenvalue weighted by Gasteiger charge is 2.37. The van der Waals surface area contributed by atoms with Gasteiger partial charge < -0.3 is 9.47 Å². The van der Waals surface area contributed by atoms with Crippen molar-refractivity contribution in [2.75, 3.05) is 11.4 Å². The molecule has 2 amide bonds. The Morgan fingerprint density at radius 3 is 2.33 bits per heavy atom. The van der Waals surface area contributed by atoms with E-state index in [1.807, 2.05) is 117 Å². The van der Waals surface area contributed by atoms with Crippen molar-refractivity contribution >= 4 is 29.1 Å². The lowest BCUT2D eigenvalue weighted by Gasteiger charge is -2.40. The van der Waals surface area contributed by atoms with Crippen molar-refractivity contribution in [2.24, 2.45) is 0 Å². The Balaban J connectivity index is 1.57. The summed E-state index contributed by atoms with van der Waals surface area (Å²) in [6, 6.07) is 26.4. The Hall–Kier alpha value is -3.83. The van der Waals surface area contributed by atoms with Crippen molar-refractivity contribution in [1.29, 1.82) is 0 Å². The summed E-state index contributed by atoms with van der Waals surface area (Å²) < 4.78 is 2.11. The Kier molecular flexibility index (Phi) is 6.42. The van der Waals surface area contributed by atoms with Crippen LogP contribution in [-0.2, 0) is 4.79 Å². The fourth-order valence-corrected chi connectivity index (χ4v) is 5.03. The minimum atomic E-state index is -0.385. The molecule has 0 spiro atoms. The number of hydrogen-bond acceptors (Lipinski definition) is 2. The van der Waals surface area contributed by atoms with Crippen LogP contribution in [0.5, 0.6) is 0 Å². The number of nitrogens with zero attached hydrogens (tertiary/aromatic N) is 3. The summed E-state index contributed by atoms with van der Waals surface area (Å²) >= 11 is 6.38. The van der Waals surface area contributed by atoms with Gasteiger partial charge in [0.15, 0.2) is 0 Å². The van der Waals surface area contributed by atoms with Crippen LogP contribution in [0.3, 0.4) is 0 Å². The van der Waals surface area contributed by atoms with Crippen LogP contribution in [0.2, 0.25) is 5.02 Å². The summed E-state index contributed by atoms with van der Waals surface area (Å²) in [6.45, 7) is 5.81. The number of benzene rings is 3. The number of rotatable bonds is 5. The maximum atomic E-state index is 14.2. The van der Waals surface area contributed by atoms with Crippen LogP contribution in [0.15, 0.2) is 91.1 Å². The van der Waals surface area contributed by atoms with E-state index in [0.29, 0.717) is 10.6 Å². The highest BCUT2D eigenvalue weighted by molar-refractivity contribution is 6.30. The van der Waals surface area contributed by atoms with Gasteiger partial charge >= 0.3 is 0 Å². The molecule has 0 aliphatic carbocycles. The smallest absolute Gasteiger partial charge is 0.254 e. The number of carbonyl (C=O) groups is 2. The predicted octanol–water partition coefficient (Wildman–Crippen LogP) is 6.43. The van der Waals surface area contributed by atoms with Crippen LogP contribution < -0.4 is 4.90 Å². The van der Waals surface area contributed by atoms with Gasteiger partial charge in [-0.25, -0.2) is 0 Å². The second-order valence-corrected chi connectivity index (χ2v) is 9.84. The van der Waals surface area contributed by atoms with E-state index >= 15 is 0 Å². The number of anilines is 1. The third kappa shape index (κ3) is 4.31. The maximum Gasteiger partial charge on any atom is 0.254 e. The molecule has 0 N–H and O–H groups in total. The first-order valence-corrected chi connectivity index (χ1v) is 12.4. The molecule has 6 heteroatoms. The van der Waals surface area contributed by atoms with Gasteiger partial charge in [0.1, 0.15) is 12.6 Å². The first kappa shape index (κ1) is 23.9. The SMILES string of the molecule is Cc1ccc(C(=O)N(CC(=O)N2c3ccccc3-n3cccc3[C@@H]2c2cccc(Cl)c2)C(C)C)cc1. The van der Waals surface area contributed by atoms with E-state index in [4.69, 9.17) is 11.6 Å². The van der Waals surface area contributed by atoms with Crippen LogP contribution in [0.1, 0.15) is 47.1 Å². The highest BCUT2D eigenvalue weighted by atomic mass is 35.5. The van der Waals surface area contributed by atoms with E-state index in [1.54, 1.807) is 4.90 Å². The minimum Gasteiger partial charge on any atom is -0.327 e. The van der Waals surface area contributed by atoms with Gasteiger partial charge in [0, 0.05) is 22.8 Å². The fourth-order valence-electron chi connectivity index (χ4n) is 4.83. The van der Waals surface area contributed by atoms with Crippen molar-refractivity contribution in [3.8, 4) is 5.69 Å². The number of amides is 2. The van der Waals surface area contributed by atoms with E-state index in [9.17, 15) is 9.59 Å². The van der Waals surface area contributed by atoms with Crippen LogP contribution >= 0.6 is 11.6 Å². The van der Waals surface area contributed by atoms with Crippen LogP contribution in [0.25, 0.3) is 5.69 Å². The number of fused-ring (bicyclic) bond motifs is 3. The third-order valence-corrected chi connectivity index (χ3v) is 6.88. The predicted molar refractivity (Wildman–Crippen MR) is 144 cm³/mol. The molecule has 0 radical (unpaired) electrons. The van der Waals surface area contributed by atoms with Crippen molar-refractivity contribution in [3.05, 3.63) is 119 Å². The summed E-state index contributed by atoms with van der Waals surface area (Å²) in [7, 11) is 0. The summed E-state index contributed by atoms with van der Waals surface area (Å²) in [5, 5.41) is 0.607. The molecule has 1 aliphatic heterocycles. The van der Waals surface area contributed by atoms with Crippen LogP contribution in [-0.4, -0.2) is 33.9 Å². The van der Waals surface area contributed by atoms with E-state index in [1.165, 1.54) is 0 Å². The molecule has 36 heavy (non-hydrogen) atoms. The van der Waals surface area contributed by atoms with E-state index < -0.39 is 0 Å². The number of halogens is 1. The molecule has 2 heterocycles. The average Bonchev–Trinajstić information content (AvgIpc) is 3.36. The monoisotopic (exact) mass is 497 g/mol. The minimum absolute atomic E-state index is 0.0452. The molecule has 1 atom stereocenters. The lowest BCUT2D eigenvalue weighted by Crippen LogP contribution is -2.48. The normalized spacial score (nSPS) is 14.4. The van der Waals surface area contributed by atoms with Crippen LogP contribution in [0, 0.1) is 6.92 Å². The van der Waals surface area contributed by atoms with Crippen molar-refractivity contribution in [2.45, 2.75) is 32.9 Å². The Morgan fingerprint density at radius 1 is 0.917 bits per heavy atom. The molecule has 3 aromatic carbocycles. The lowest BCUT2D eigenvalue weighted by molar-refractivity contribution is -0.120. The zero-order valence-corrected chi connectivity index (χ0v) is 21.3. The molecule has 0 saturated heterocycles. The van der Waals surface area contributed by atoms with Crippen molar-refractivity contribution in [1.82, 2.24) is 9.47 Å². The molecular formula is C30H28ClN3O2. The second kappa shape index (κ2) is 9.67. The summed E-state index contributed by atoms with van der Waals surface area (Å²) in [6.07, 6.45) is 2.01. The Morgan fingerprint density at radius 2 is 1.64 bits per heavy atom. The molecule has 182 valence electrons. The molecule has 0 bridgehead atoms. The van der Waals surface area contributed by atoms with Gasteiger partial charge in [0.2, 0.25) is 5.91 Å². The topological polar surface area (TPSA) is 45.6 Å². The quantitative estimate of drug-likeness (QED) is 0.319. The molecule has 1 aliphatic rings. The maximum absolute atomic E-state index is 14.2. The summed E-state index contributed by atoms with van der Waals surface area (Å²) in [5.74, 6) is -0.319. The largest absolute Gasteiger partial charge is 0.327 e. The van der Waals surface area contributed by atoms with Gasteiger partial charge in [-0.3, -0.25) is 14.5 Å². The van der Waals surface area contributed by atoms with E-state index in [0.717, 1.165) is 28.2 Å². The molecule has 0 fully saturated rings. The van der Waals surface area contributed by atoms with Crippen molar-refractivity contribution in [3.63, 3.8) is 0 Å². The standard InChI is InChI=1S/C30H28ClN3O2/c1-20(2)33(30(36)22-15-13-21(3)14-16-22)19-28(35)34-26-11-5-4-10-25(26)32-17-7-12-27(32)29(34)23-8-6-9-24(31)18-23/h4-18,20,29H,19H2,1-3H3/t29-/m0/s1. The van der Waals surface area contributed by atoms with Crippen LogP contribution in [0.4, 0.5) is 5.69 Å². The first-order valence-electron chi connectivity index (χ1n) is 12.1. The molecule has 5 nitrogen and oxygen atoms in total. The molecule has 4 aromatic rings. The zero-order chi connectivity index (χ0) is 25.4. The van der Waals surface area contributed by atoms with Gasteiger partial charge in [-0.2, -0.15) is 0 Å². The fraction of sp³-hybridized carbons (Fsp3) is 0.200. The second-order valence-electron chi connectivity index (χ2n) is 9.41. The van der Waals surface area contributed by atoms with E-state index in [2.05, 4.69) is 4.57 Å². The summed E-state index contributed by atoms with van der Waals surface area (Å²) in [4.78, 5) is 31.1. The Bertz CT molecular complexity index is 1420. The lowest BCUT2D eigenvalue weighted by atomic mass is 9.97. The van der Waals surface area contributed by atoms with Gasteiger partial charge in [0.05, 0.1) is 17.1 Å². The Labute approximate surface area is 216 Å². The van der Waals surface area contributed by atoms with Gasteiger partial charge in [-0.15, -0.1) is 0 Å². The van der Waals surface area contributed by atoms with E-state index in [-0.39, 0.29) is 30.4 Å². The third-order valence-electron chi connectivity index (χ3n) is 6.64.